The maximum absolute atomic E-state index is 5.69. The molecule has 0 spiro atoms. The number of ether oxygens (including phenoxy) is 2. The largest absolute Gasteiger partial charge is 0.490 e. The first-order valence-electron chi connectivity index (χ1n) is 6.57. The van der Waals surface area contributed by atoms with Gasteiger partial charge in [-0.3, -0.25) is 0 Å². The fourth-order valence-corrected chi connectivity index (χ4v) is 2.83. The van der Waals surface area contributed by atoms with E-state index in [2.05, 4.69) is 4.98 Å². The molecule has 1 aliphatic rings. The van der Waals surface area contributed by atoms with E-state index in [1.54, 1.807) is 18.0 Å². The molecular formula is C15H16N2O2S. The second-order valence-corrected chi connectivity index (χ2v) is 5.56. The minimum Gasteiger partial charge on any atom is -0.490 e. The van der Waals surface area contributed by atoms with Crippen molar-refractivity contribution in [3.8, 4) is 11.5 Å². The first-order valence-corrected chi connectivity index (χ1v) is 7.39. The predicted molar refractivity (Wildman–Crippen MR) is 78.3 cm³/mol. The number of hydrogen-bond acceptors (Lipinski definition) is 5. The quantitative estimate of drug-likeness (QED) is 0.941. The molecule has 0 amide bonds. The van der Waals surface area contributed by atoms with Crippen LogP contribution in [0.4, 0.5) is 0 Å². The van der Waals surface area contributed by atoms with Crippen molar-refractivity contribution in [2.75, 3.05) is 13.2 Å². The van der Waals surface area contributed by atoms with Crippen LogP contribution < -0.4 is 15.2 Å². The molecule has 20 heavy (non-hydrogen) atoms. The van der Waals surface area contributed by atoms with E-state index < -0.39 is 0 Å². The van der Waals surface area contributed by atoms with Gasteiger partial charge in [-0.15, -0.1) is 0 Å². The summed E-state index contributed by atoms with van der Waals surface area (Å²) < 4.78 is 11.3. The van der Waals surface area contributed by atoms with Gasteiger partial charge in [0.2, 0.25) is 0 Å². The third-order valence-electron chi connectivity index (χ3n) is 2.98. The number of hydrogen-bond donors (Lipinski definition) is 1. The average molecular weight is 288 g/mol. The molecule has 0 unspecified atom stereocenters. The molecule has 0 fully saturated rings. The molecule has 1 aromatic carbocycles. The zero-order chi connectivity index (χ0) is 13.8. The minimum atomic E-state index is 0.525. The topological polar surface area (TPSA) is 57.4 Å². The second kappa shape index (κ2) is 6.15. The van der Waals surface area contributed by atoms with Gasteiger partial charge in [-0.2, -0.15) is 0 Å². The Balaban J connectivity index is 1.82. The van der Waals surface area contributed by atoms with Crippen LogP contribution in [0.2, 0.25) is 0 Å². The number of pyridine rings is 1. The molecule has 5 heteroatoms. The average Bonchev–Trinajstić information content (AvgIpc) is 2.72. The summed E-state index contributed by atoms with van der Waals surface area (Å²) in [5.74, 6) is 1.62. The Morgan fingerprint density at radius 1 is 1.10 bits per heavy atom. The lowest BCUT2D eigenvalue weighted by molar-refractivity contribution is 0.297. The van der Waals surface area contributed by atoms with Crippen LogP contribution >= 0.6 is 11.8 Å². The van der Waals surface area contributed by atoms with E-state index in [1.165, 1.54) is 0 Å². The SMILES string of the molecule is NCc1ccnc(Sc2ccc3c(c2)OCCCO3)c1. The van der Waals surface area contributed by atoms with E-state index in [0.29, 0.717) is 19.8 Å². The summed E-state index contributed by atoms with van der Waals surface area (Å²) in [6.45, 7) is 1.93. The maximum Gasteiger partial charge on any atom is 0.162 e. The predicted octanol–water partition coefficient (Wildman–Crippen LogP) is 2.85. The Hall–Kier alpha value is -1.72. The number of rotatable bonds is 3. The van der Waals surface area contributed by atoms with Gasteiger partial charge in [0.15, 0.2) is 11.5 Å². The Bertz CT molecular complexity index is 604. The second-order valence-electron chi connectivity index (χ2n) is 4.47. The van der Waals surface area contributed by atoms with Crippen LogP contribution in [-0.4, -0.2) is 18.2 Å². The summed E-state index contributed by atoms with van der Waals surface area (Å²) in [4.78, 5) is 5.43. The molecule has 2 heterocycles. The highest BCUT2D eigenvalue weighted by Gasteiger charge is 2.11. The van der Waals surface area contributed by atoms with Gasteiger partial charge >= 0.3 is 0 Å². The summed E-state index contributed by atoms with van der Waals surface area (Å²) in [5.41, 5.74) is 6.73. The standard InChI is InChI=1S/C15H16N2O2S/c16-10-11-4-5-17-15(8-11)20-12-2-3-13-14(9-12)19-7-1-6-18-13/h2-5,8-9H,1,6-7,10,16H2. The smallest absolute Gasteiger partial charge is 0.162 e. The number of fused-ring (bicyclic) bond motifs is 1. The summed E-state index contributed by atoms with van der Waals surface area (Å²) in [7, 11) is 0. The number of benzene rings is 1. The van der Waals surface area contributed by atoms with Crippen LogP contribution in [0, 0.1) is 0 Å². The lowest BCUT2D eigenvalue weighted by Gasteiger charge is -2.09. The van der Waals surface area contributed by atoms with Crippen LogP contribution in [0.3, 0.4) is 0 Å². The van der Waals surface area contributed by atoms with E-state index in [0.717, 1.165) is 33.4 Å². The molecule has 0 radical (unpaired) electrons. The summed E-state index contributed by atoms with van der Waals surface area (Å²) in [5, 5.41) is 0.933. The van der Waals surface area contributed by atoms with Crippen LogP contribution in [0.25, 0.3) is 0 Å². The van der Waals surface area contributed by atoms with Crippen molar-refractivity contribution in [3.05, 3.63) is 42.1 Å². The van der Waals surface area contributed by atoms with Gasteiger partial charge in [-0.25, -0.2) is 4.98 Å². The minimum absolute atomic E-state index is 0.525. The van der Waals surface area contributed by atoms with Crippen molar-refractivity contribution in [1.29, 1.82) is 0 Å². The van der Waals surface area contributed by atoms with Crippen LogP contribution in [-0.2, 0) is 6.54 Å². The summed E-state index contributed by atoms with van der Waals surface area (Å²) in [6.07, 6.45) is 2.70. The molecule has 2 aromatic rings. The third-order valence-corrected chi connectivity index (χ3v) is 3.90. The monoisotopic (exact) mass is 288 g/mol. The van der Waals surface area contributed by atoms with Gasteiger partial charge in [0.25, 0.3) is 0 Å². The molecule has 0 saturated carbocycles. The molecule has 1 aromatic heterocycles. The Morgan fingerprint density at radius 3 is 2.80 bits per heavy atom. The van der Waals surface area contributed by atoms with Crippen LogP contribution in [0.15, 0.2) is 46.5 Å². The van der Waals surface area contributed by atoms with Crippen molar-refractivity contribution in [2.24, 2.45) is 5.73 Å². The summed E-state index contributed by atoms with van der Waals surface area (Å²) >= 11 is 1.59. The molecule has 0 aliphatic carbocycles. The Labute approximate surface area is 122 Å². The highest BCUT2D eigenvalue weighted by molar-refractivity contribution is 7.99. The van der Waals surface area contributed by atoms with Gasteiger partial charge in [0.1, 0.15) is 5.03 Å². The van der Waals surface area contributed by atoms with Gasteiger partial charge < -0.3 is 15.2 Å². The van der Waals surface area contributed by atoms with Crippen LogP contribution in [0.5, 0.6) is 11.5 Å². The number of nitrogens with two attached hydrogens (primary N) is 1. The fraction of sp³-hybridized carbons (Fsp3) is 0.267. The lowest BCUT2D eigenvalue weighted by Crippen LogP contribution is -1.97. The molecule has 4 nitrogen and oxygen atoms in total. The maximum atomic E-state index is 5.69. The van der Waals surface area contributed by atoms with E-state index in [-0.39, 0.29) is 0 Å². The zero-order valence-corrected chi connectivity index (χ0v) is 11.9. The zero-order valence-electron chi connectivity index (χ0n) is 11.0. The van der Waals surface area contributed by atoms with Crippen LogP contribution in [0.1, 0.15) is 12.0 Å². The third kappa shape index (κ3) is 3.05. The summed E-state index contributed by atoms with van der Waals surface area (Å²) in [6, 6.07) is 9.92. The van der Waals surface area contributed by atoms with E-state index in [1.807, 2.05) is 30.3 Å². The van der Waals surface area contributed by atoms with E-state index in [9.17, 15) is 0 Å². The molecule has 104 valence electrons. The van der Waals surface area contributed by atoms with Gasteiger partial charge in [0.05, 0.1) is 13.2 Å². The number of nitrogens with zero attached hydrogens (tertiary/aromatic N) is 1. The normalized spacial score (nSPS) is 13.8. The molecule has 0 atom stereocenters. The highest BCUT2D eigenvalue weighted by atomic mass is 32.2. The molecule has 0 bridgehead atoms. The van der Waals surface area contributed by atoms with Gasteiger partial charge in [-0.05, 0) is 35.9 Å². The Kier molecular flexibility index (Phi) is 4.08. The van der Waals surface area contributed by atoms with Gasteiger partial charge in [-0.1, -0.05) is 11.8 Å². The van der Waals surface area contributed by atoms with Crippen molar-refractivity contribution >= 4 is 11.8 Å². The molecular weight excluding hydrogens is 272 g/mol. The van der Waals surface area contributed by atoms with Crippen molar-refractivity contribution in [2.45, 2.75) is 22.9 Å². The van der Waals surface area contributed by atoms with Crippen molar-refractivity contribution < 1.29 is 9.47 Å². The fourth-order valence-electron chi connectivity index (χ4n) is 1.96. The lowest BCUT2D eigenvalue weighted by atomic mass is 10.3. The first-order chi connectivity index (χ1) is 9.85. The first kappa shape index (κ1) is 13.3. The van der Waals surface area contributed by atoms with E-state index >= 15 is 0 Å². The molecule has 0 saturated heterocycles. The van der Waals surface area contributed by atoms with Crippen molar-refractivity contribution in [3.63, 3.8) is 0 Å². The molecule has 2 N–H and O–H groups in total. The Morgan fingerprint density at radius 2 is 1.95 bits per heavy atom. The highest BCUT2D eigenvalue weighted by Crippen LogP contribution is 2.36. The van der Waals surface area contributed by atoms with Crippen molar-refractivity contribution in [1.82, 2.24) is 4.98 Å². The van der Waals surface area contributed by atoms with Gasteiger partial charge in [0, 0.05) is 24.1 Å². The van der Waals surface area contributed by atoms with E-state index in [4.69, 9.17) is 15.2 Å². The molecule has 1 aliphatic heterocycles. The number of aromatic nitrogens is 1. The molecule has 3 rings (SSSR count).